The summed E-state index contributed by atoms with van der Waals surface area (Å²) in [5.41, 5.74) is 0. The van der Waals surface area contributed by atoms with Crippen molar-refractivity contribution >= 4 is 11.9 Å². The van der Waals surface area contributed by atoms with Crippen LogP contribution >= 0.6 is 0 Å². The Morgan fingerprint density at radius 2 is 2.40 bits per heavy atom. The quantitative estimate of drug-likeness (QED) is 0.712. The lowest BCUT2D eigenvalue weighted by atomic mass is 10.0. The average molecular weight is 207 g/mol. The summed E-state index contributed by atoms with van der Waals surface area (Å²) < 4.78 is 10.2. The predicted molar refractivity (Wildman–Crippen MR) is 54.6 cm³/mol. The number of hydrogen-bond donors (Lipinski definition) is 0. The Bertz CT molecular complexity index is 381. The number of furan rings is 1. The Balaban J connectivity index is 2.21. The van der Waals surface area contributed by atoms with E-state index in [-0.39, 0.29) is 17.9 Å². The second kappa shape index (κ2) is 3.88. The molecule has 0 saturated carbocycles. The summed E-state index contributed by atoms with van der Waals surface area (Å²) >= 11 is 0. The van der Waals surface area contributed by atoms with Crippen molar-refractivity contribution in [2.75, 3.05) is 0 Å². The van der Waals surface area contributed by atoms with Gasteiger partial charge < -0.3 is 9.15 Å². The zero-order valence-corrected chi connectivity index (χ0v) is 8.77. The van der Waals surface area contributed by atoms with Gasteiger partial charge in [-0.15, -0.1) is 0 Å². The van der Waals surface area contributed by atoms with Crippen LogP contribution in [-0.4, -0.2) is 17.9 Å². The Hall–Kier alpha value is -1.58. The van der Waals surface area contributed by atoms with E-state index in [9.17, 15) is 4.79 Å². The van der Waals surface area contributed by atoms with Crippen LogP contribution < -0.4 is 0 Å². The van der Waals surface area contributed by atoms with Crippen LogP contribution in [0.15, 0.2) is 27.8 Å². The molecular weight excluding hydrogens is 194 g/mol. The van der Waals surface area contributed by atoms with E-state index in [0.29, 0.717) is 11.7 Å². The average Bonchev–Trinajstić information content (AvgIpc) is 2.84. The Morgan fingerprint density at radius 3 is 3.00 bits per heavy atom. The van der Waals surface area contributed by atoms with Gasteiger partial charge in [0.15, 0.2) is 11.8 Å². The van der Waals surface area contributed by atoms with E-state index in [4.69, 9.17) is 9.15 Å². The Kier molecular flexibility index (Phi) is 2.58. The Labute approximate surface area is 87.9 Å². The van der Waals surface area contributed by atoms with Gasteiger partial charge in [-0.25, -0.2) is 9.79 Å². The van der Waals surface area contributed by atoms with E-state index in [2.05, 4.69) is 4.99 Å². The van der Waals surface area contributed by atoms with Gasteiger partial charge in [0.25, 0.3) is 5.90 Å². The second-order valence-electron chi connectivity index (χ2n) is 3.66. The molecule has 2 atom stereocenters. The monoisotopic (exact) mass is 207 g/mol. The molecule has 2 unspecified atom stereocenters. The van der Waals surface area contributed by atoms with Crippen molar-refractivity contribution in [3.8, 4) is 0 Å². The minimum atomic E-state index is -0.380. The maximum absolute atomic E-state index is 11.5. The highest BCUT2D eigenvalue weighted by molar-refractivity contribution is 6.04. The number of ether oxygens (including phenoxy) is 1. The highest BCUT2D eigenvalue weighted by atomic mass is 16.6. The van der Waals surface area contributed by atoms with Gasteiger partial charge in [0.1, 0.15) is 0 Å². The summed E-state index contributed by atoms with van der Waals surface area (Å²) in [5.74, 6) is 0.727. The molecule has 4 heteroatoms. The van der Waals surface area contributed by atoms with Crippen molar-refractivity contribution in [2.24, 2.45) is 10.9 Å². The molecule has 0 aromatic carbocycles. The topological polar surface area (TPSA) is 51.8 Å². The molecule has 80 valence electrons. The number of hydrogen-bond acceptors (Lipinski definition) is 4. The van der Waals surface area contributed by atoms with Crippen molar-refractivity contribution < 1.29 is 13.9 Å². The summed E-state index contributed by atoms with van der Waals surface area (Å²) in [6.07, 6.45) is 2.43. The molecule has 15 heavy (non-hydrogen) atoms. The molecule has 0 saturated heterocycles. The number of esters is 1. The number of nitrogens with zero attached hydrogens (tertiary/aromatic N) is 1. The third-order valence-electron chi connectivity index (χ3n) is 2.61. The van der Waals surface area contributed by atoms with Crippen LogP contribution in [0.5, 0.6) is 0 Å². The Morgan fingerprint density at radius 1 is 1.60 bits per heavy atom. The van der Waals surface area contributed by atoms with Crippen molar-refractivity contribution in [2.45, 2.75) is 26.3 Å². The van der Waals surface area contributed by atoms with E-state index in [1.165, 1.54) is 6.26 Å². The summed E-state index contributed by atoms with van der Waals surface area (Å²) in [4.78, 5) is 15.7. The molecule has 0 N–H and O–H groups in total. The molecule has 4 nitrogen and oxygen atoms in total. The molecule has 0 fully saturated rings. The molecular formula is C11H13NO3. The number of rotatable bonds is 3. The first-order valence-electron chi connectivity index (χ1n) is 5.05. The number of cyclic esters (lactones) is 1. The van der Waals surface area contributed by atoms with E-state index in [1.807, 2.05) is 13.8 Å². The molecule has 1 aliphatic heterocycles. The molecule has 0 bridgehead atoms. The highest BCUT2D eigenvalue weighted by Crippen LogP contribution is 2.21. The standard InChI is InChI=1S/C11H13NO3/c1-3-7(2)9-11(13)15-10(12-9)8-5-4-6-14-8/h4-7,9H,3H2,1-2H3. The van der Waals surface area contributed by atoms with E-state index >= 15 is 0 Å². The molecule has 1 aromatic heterocycles. The lowest BCUT2D eigenvalue weighted by molar-refractivity contribution is -0.136. The maximum atomic E-state index is 11.5. The molecule has 1 aromatic rings. The van der Waals surface area contributed by atoms with Crippen molar-refractivity contribution in [3.63, 3.8) is 0 Å². The van der Waals surface area contributed by atoms with E-state index < -0.39 is 0 Å². The van der Waals surface area contributed by atoms with Gasteiger partial charge in [-0.3, -0.25) is 0 Å². The van der Waals surface area contributed by atoms with Gasteiger partial charge in [-0.05, 0) is 18.1 Å². The first kappa shape index (κ1) is 9.96. The number of carbonyl (C=O) groups excluding carboxylic acids is 1. The van der Waals surface area contributed by atoms with E-state index in [0.717, 1.165) is 6.42 Å². The fourth-order valence-corrected chi connectivity index (χ4v) is 1.46. The molecule has 1 aliphatic rings. The summed E-state index contributed by atoms with van der Waals surface area (Å²) in [6, 6.07) is 3.09. The molecule has 0 amide bonds. The number of carbonyl (C=O) groups is 1. The van der Waals surface area contributed by atoms with Crippen LogP contribution in [0.3, 0.4) is 0 Å². The lowest BCUT2D eigenvalue weighted by Crippen LogP contribution is -2.22. The molecule has 0 radical (unpaired) electrons. The molecule has 2 heterocycles. The smallest absolute Gasteiger partial charge is 0.338 e. The van der Waals surface area contributed by atoms with Gasteiger partial charge in [0.05, 0.1) is 6.26 Å². The van der Waals surface area contributed by atoms with Crippen LogP contribution in [0.4, 0.5) is 0 Å². The van der Waals surface area contributed by atoms with Gasteiger partial charge in [-0.2, -0.15) is 0 Å². The van der Waals surface area contributed by atoms with Crippen molar-refractivity contribution in [1.82, 2.24) is 0 Å². The van der Waals surface area contributed by atoms with Crippen LogP contribution in [-0.2, 0) is 9.53 Å². The van der Waals surface area contributed by atoms with Crippen LogP contribution in [0.1, 0.15) is 26.0 Å². The summed E-state index contributed by atoms with van der Waals surface area (Å²) in [6.45, 7) is 4.01. The summed E-state index contributed by atoms with van der Waals surface area (Å²) in [5, 5.41) is 0. The molecule has 2 rings (SSSR count). The van der Waals surface area contributed by atoms with Crippen molar-refractivity contribution in [3.05, 3.63) is 24.2 Å². The van der Waals surface area contributed by atoms with Gasteiger partial charge >= 0.3 is 5.97 Å². The molecule has 0 spiro atoms. The van der Waals surface area contributed by atoms with Gasteiger partial charge in [0.2, 0.25) is 0 Å². The predicted octanol–water partition coefficient (Wildman–Crippen LogP) is 2.00. The fourth-order valence-electron chi connectivity index (χ4n) is 1.46. The lowest BCUT2D eigenvalue weighted by Gasteiger charge is -2.09. The van der Waals surface area contributed by atoms with Gasteiger partial charge in [0, 0.05) is 0 Å². The third kappa shape index (κ3) is 1.79. The normalized spacial score (nSPS) is 22.4. The zero-order chi connectivity index (χ0) is 10.8. The van der Waals surface area contributed by atoms with E-state index in [1.54, 1.807) is 12.1 Å². The summed E-state index contributed by atoms with van der Waals surface area (Å²) in [7, 11) is 0. The van der Waals surface area contributed by atoms with Gasteiger partial charge in [-0.1, -0.05) is 20.3 Å². The minimum Gasteiger partial charge on any atom is -0.459 e. The van der Waals surface area contributed by atoms with Crippen molar-refractivity contribution in [1.29, 1.82) is 0 Å². The highest BCUT2D eigenvalue weighted by Gasteiger charge is 2.34. The largest absolute Gasteiger partial charge is 0.459 e. The van der Waals surface area contributed by atoms with Crippen LogP contribution in [0.2, 0.25) is 0 Å². The fraction of sp³-hybridized carbons (Fsp3) is 0.455. The molecule has 0 aliphatic carbocycles. The zero-order valence-electron chi connectivity index (χ0n) is 8.77. The second-order valence-corrected chi connectivity index (χ2v) is 3.66. The first-order chi connectivity index (χ1) is 7.22. The van der Waals surface area contributed by atoms with Crippen LogP contribution in [0, 0.1) is 5.92 Å². The number of aliphatic imine (C=N–C) groups is 1. The SMILES string of the molecule is CCC(C)C1N=C(c2ccco2)OC1=O. The minimum absolute atomic E-state index is 0.199. The van der Waals surface area contributed by atoms with Crippen LogP contribution in [0.25, 0.3) is 0 Å². The third-order valence-corrected chi connectivity index (χ3v) is 2.61. The first-order valence-corrected chi connectivity index (χ1v) is 5.05. The maximum Gasteiger partial charge on any atom is 0.338 e.